The third-order valence-corrected chi connectivity index (χ3v) is 2.79. The van der Waals surface area contributed by atoms with Crippen LogP contribution >= 0.6 is 11.6 Å². The number of hydrogen-bond donors (Lipinski definition) is 0. The van der Waals surface area contributed by atoms with Gasteiger partial charge in [0, 0.05) is 12.1 Å². The molecule has 0 bridgehead atoms. The summed E-state index contributed by atoms with van der Waals surface area (Å²) in [5.74, 6) is 0.0483. The lowest BCUT2D eigenvalue weighted by Gasteiger charge is -2.10. The van der Waals surface area contributed by atoms with E-state index in [9.17, 15) is 18.0 Å². The highest BCUT2D eigenvalue weighted by molar-refractivity contribution is 6.67. The zero-order valence-electron chi connectivity index (χ0n) is 11.1. The predicted octanol–water partition coefficient (Wildman–Crippen LogP) is 4.28. The number of nitrogens with zero attached hydrogens (tertiary/aromatic N) is 1. The van der Waals surface area contributed by atoms with Crippen LogP contribution in [0.25, 0.3) is 0 Å². The Bertz CT molecular complexity index is 704. The Hall–Kier alpha value is -2.28. The Morgan fingerprint density at radius 1 is 1.18 bits per heavy atom. The molecule has 8 heteroatoms. The second-order valence-corrected chi connectivity index (χ2v) is 4.48. The molecule has 0 amide bonds. The summed E-state index contributed by atoms with van der Waals surface area (Å²) in [6.07, 6.45) is -4.49. The summed E-state index contributed by atoms with van der Waals surface area (Å²) in [5, 5.41) is -0.840. The molecule has 2 rings (SSSR count). The number of carbonyl (C=O) groups excluding carboxylic acids is 1. The van der Waals surface area contributed by atoms with Crippen molar-refractivity contribution in [3.63, 3.8) is 0 Å². The molecule has 1 heterocycles. The SMILES string of the molecule is COc1cc(Oc2cccc(C(F)(F)F)c2)nc(C(=O)Cl)c1. The van der Waals surface area contributed by atoms with Crippen molar-refractivity contribution in [1.29, 1.82) is 0 Å². The quantitative estimate of drug-likeness (QED) is 0.785. The second kappa shape index (κ2) is 6.23. The standard InChI is InChI=1S/C14H9ClF3NO3/c1-21-10-6-11(13(15)20)19-12(7-10)22-9-4-2-3-8(5-9)14(16,17)18/h2-7H,1H3. The highest BCUT2D eigenvalue weighted by Gasteiger charge is 2.30. The van der Waals surface area contributed by atoms with Crippen molar-refractivity contribution in [3.05, 3.63) is 47.7 Å². The van der Waals surface area contributed by atoms with Crippen LogP contribution < -0.4 is 9.47 Å². The van der Waals surface area contributed by atoms with Gasteiger partial charge in [0.25, 0.3) is 5.24 Å². The maximum absolute atomic E-state index is 12.6. The Labute approximate surface area is 128 Å². The van der Waals surface area contributed by atoms with Gasteiger partial charge in [-0.3, -0.25) is 4.79 Å². The van der Waals surface area contributed by atoms with Gasteiger partial charge in [-0.15, -0.1) is 0 Å². The first-order valence-electron chi connectivity index (χ1n) is 5.90. The van der Waals surface area contributed by atoms with Gasteiger partial charge < -0.3 is 9.47 Å². The minimum atomic E-state index is -4.49. The van der Waals surface area contributed by atoms with Crippen LogP contribution in [0.1, 0.15) is 16.1 Å². The minimum absolute atomic E-state index is 0.0800. The van der Waals surface area contributed by atoms with Crippen LogP contribution in [0, 0.1) is 0 Å². The van der Waals surface area contributed by atoms with Crippen molar-refractivity contribution in [1.82, 2.24) is 4.98 Å². The summed E-state index contributed by atoms with van der Waals surface area (Å²) in [6, 6.07) is 6.88. The zero-order chi connectivity index (χ0) is 16.3. The van der Waals surface area contributed by atoms with E-state index in [-0.39, 0.29) is 23.1 Å². The minimum Gasteiger partial charge on any atom is -0.496 e. The van der Waals surface area contributed by atoms with Gasteiger partial charge in [0.2, 0.25) is 5.88 Å². The molecule has 2 aromatic rings. The topological polar surface area (TPSA) is 48.4 Å². The van der Waals surface area contributed by atoms with Gasteiger partial charge in [-0.25, -0.2) is 4.98 Å². The third-order valence-electron chi connectivity index (χ3n) is 2.60. The van der Waals surface area contributed by atoms with E-state index in [0.29, 0.717) is 0 Å². The average molecular weight is 332 g/mol. The number of alkyl halides is 3. The van der Waals surface area contributed by atoms with E-state index in [1.807, 2.05) is 0 Å². The molecule has 0 saturated carbocycles. The summed E-state index contributed by atoms with van der Waals surface area (Å²) in [7, 11) is 1.35. The molecule has 0 radical (unpaired) electrons. The molecule has 0 N–H and O–H groups in total. The molecular formula is C14H9ClF3NO3. The molecule has 4 nitrogen and oxygen atoms in total. The summed E-state index contributed by atoms with van der Waals surface area (Å²) in [6.45, 7) is 0. The molecule has 1 aromatic heterocycles. The third kappa shape index (κ3) is 3.88. The summed E-state index contributed by atoms with van der Waals surface area (Å²) in [4.78, 5) is 14.9. The van der Waals surface area contributed by atoms with Crippen molar-refractivity contribution in [2.45, 2.75) is 6.18 Å². The van der Waals surface area contributed by atoms with Gasteiger partial charge >= 0.3 is 6.18 Å². The molecule has 0 saturated heterocycles. The zero-order valence-corrected chi connectivity index (χ0v) is 11.9. The van der Waals surface area contributed by atoms with Gasteiger partial charge in [0.1, 0.15) is 17.2 Å². The van der Waals surface area contributed by atoms with Gasteiger partial charge in [0.05, 0.1) is 12.7 Å². The van der Waals surface area contributed by atoms with E-state index < -0.39 is 17.0 Å². The van der Waals surface area contributed by atoms with E-state index in [1.165, 1.54) is 31.4 Å². The number of hydrogen-bond acceptors (Lipinski definition) is 4. The smallest absolute Gasteiger partial charge is 0.416 e. The van der Waals surface area contributed by atoms with E-state index >= 15 is 0 Å². The lowest BCUT2D eigenvalue weighted by molar-refractivity contribution is -0.137. The highest BCUT2D eigenvalue weighted by atomic mass is 35.5. The van der Waals surface area contributed by atoms with Gasteiger partial charge in [0.15, 0.2) is 0 Å². The van der Waals surface area contributed by atoms with Crippen molar-refractivity contribution in [2.24, 2.45) is 0 Å². The summed E-state index contributed by atoms with van der Waals surface area (Å²) < 4.78 is 48.1. The molecule has 0 aliphatic carbocycles. The number of rotatable bonds is 4. The molecule has 116 valence electrons. The molecule has 0 fully saturated rings. The van der Waals surface area contributed by atoms with E-state index in [0.717, 1.165) is 12.1 Å². The first-order valence-corrected chi connectivity index (χ1v) is 6.28. The van der Waals surface area contributed by atoms with Gasteiger partial charge in [-0.05, 0) is 29.8 Å². The molecule has 0 spiro atoms. The van der Waals surface area contributed by atoms with Crippen molar-refractivity contribution in [3.8, 4) is 17.4 Å². The Morgan fingerprint density at radius 2 is 1.91 bits per heavy atom. The fraction of sp³-hybridized carbons (Fsp3) is 0.143. The molecule has 0 aliphatic heterocycles. The van der Waals surface area contributed by atoms with Crippen LogP contribution in [0.2, 0.25) is 0 Å². The molecular weight excluding hydrogens is 323 g/mol. The summed E-state index contributed by atoms with van der Waals surface area (Å²) >= 11 is 5.33. The molecule has 22 heavy (non-hydrogen) atoms. The molecule has 0 unspecified atom stereocenters. The van der Waals surface area contributed by atoms with Crippen LogP contribution in [0.5, 0.6) is 17.4 Å². The molecule has 1 aromatic carbocycles. The second-order valence-electron chi connectivity index (χ2n) is 4.13. The molecule has 0 atom stereocenters. The largest absolute Gasteiger partial charge is 0.496 e. The number of aromatic nitrogens is 1. The van der Waals surface area contributed by atoms with Crippen LogP contribution in [-0.2, 0) is 6.18 Å². The predicted molar refractivity (Wildman–Crippen MR) is 72.5 cm³/mol. The number of pyridine rings is 1. The maximum atomic E-state index is 12.6. The lowest BCUT2D eigenvalue weighted by Crippen LogP contribution is -2.04. The number of carbonyl (C=O) groups is 1. The Balaban J connectivity index is 2.34. The van der Waals surface area contributed by atoms with Crippen LogP contribution in [-0.4, -0.2) is 17.3 Å². The van der Waals surface area contributed by atoms with Crippen molar-refractivity contribution < 1.29 is 27.4 Å². The maximum Gasteiger partial charge on any atom is 0.416 e. The van der Waals surface area contributed by atoms with E-state index in [2.05, 4.69) is 4.98 Å². The van der Waals surface area contributed by atoms with Crippen LogP contribution in [0.3, 0.4) is 0 Å². The first-order chi connectivity index (χ1) is 10.3. The summed E-state index contributed by atoms with van der Waals surface area (Å²) in [5.41, 5.74) is -0.996. The van der Waals surface area contributed by atoms with E-state index in [1.54, 1.807) is 0 Å². The fourth-order valence-electron chi connectivity index (χ4n) is 1.61. The normalized spacial score (nSPS) is 11.1. The Kier molecular flexibility index (Phi) is 4.56. The number of halogens is 4. The Morgan fingerprint density at radius 3 is 2.50 bits per heavy atom. The lowest BCUT2D eigenvalue weighted by atomic mass is 10.2. The fourth-order valence-corrected chi connectivity index (χ4v) is 1.71. The number of benzene rings is 1. The first kappa shape index (κ1) is 16.1. The highest BCUT2D eigenvalue weighted by Crippen LogP contribution is 2.33. The van der Waals surface area contributed by atoms with Crippen LogP contribution in [0.4, 0.5) is 13.2 Å². The van der Waals surface area contributed by atoms with Crippen molar-refractivity contribution >= 4 is 16.8 Å². The molecule has 0 aliphatic rings. The van der Waals surface area contributed by atoms with E-state index in [4.69, 9.17) is 21.1 Å². The van der Waals surface area contributed by atoms with Gasteiger partial charge in [-0.1, -0.05) is 6.07 Å². The van der Waals surface area contributed by atoms with Crippen LogP contribution in [0.15, 0.2) is 36.4 Å². The average Bonchev–Trinajstić information content (AvgIpc) is 2.46. The van der Waals surface area contributed by atoms with Gasteiger partial charge in [-0.2, -0.15) is 13.2 Å². The monoisotopic (exact) mass is 331 g/mol. The number of methoxy groups -OCH3 is 1. The van der Waals surface area contributed by atoms with Crippen molar-refractivity contribution in [2.75, 3.05) is 7.11 Å². The number of ether oxygens (including phenoxy) is 2.